The molecule has 0 atom stereocenters. The van der Waals surface area contributed by atoms with Crippen LogP contribution in [-0.2, 0) is 0 Å². The summed E-state index contributed by atoms with van der Waals surface area (Å²) in [6.07, 6.45) is 6.48. The van der Waals surface area contributed by atoms with Gasteiger partial charge >= 0.3 is 0 Å². The monoisotopic (exact) mass is 284 g/mol. The van der Waals surface area contributed by atoms with Crippen LogP contribution in [0.3, 0.4) is 0 Å². The fraction of sp³-hybridized carbons (Fsp3) is 0.125. The Hall–Kier alpha value is -2.82. The molecule has 1 aromatic carbocycles. The van der Waals surface area contributed by atoms with Crippen LogP contribution in [0.2, 0.25) is 0 Å². The third kappa shape index (κ3) is 4.07. The largest absolute Gasteiger partial charge is 0.496 e. The van der Waals surface area contributed by atoms with Crippen LogP contribution in [0.1, 0.15) is 21.7 Å². The highest BCUT2D eigenvalue weighted by molar-refractivity contribution is 5.95. The molecule has 0 saturated heterocycles. The highest BCUT2D eigenvalue weighted by atomic mass is 16.5. The highest BCUT2D eigenvalue weighted by Crippen LogP contribution is 2.18. The molecule has 0 aliphatic rings. The molecule has 0 radical (unpaired) electrons. The van der Waals surface area contributed by atoms with E-state index in [0.29, 0.717) is 11.3 Å². The van der Waals surface area contributed by atoms with Crippen LogP contribution in [-0.4, -0.2) is 19.2 Å². The van der Waals surface area contributed by atoms with Gasteiger partial charge in [0.05, 0.1) is 13.4 Å². The van der Waals surface area contributed by atoms with Crippen molar-refractivity contribution in [2.45, 2.75) is 6.92 Å². The fourth-order valence-electron chi connectivity index (χ4n) is 1.69. The number of allylic oxidation sites excluding steroid dienone is 1. The molecule has 2 aromatic rings. The molecule has 1 heterocycles. The topological polar surface area (TPSA) is 63.8 Å². The van der Waals surface area contributed by atoms with Crippen molar-refractivity contribution in [2.75, 3.05) is 7.11 Å². The summed E-state index contributed by atoms with van der Waals surface area (Å²) in [5, 5.41) is 3.83. The van der Waals surface area contributed by atoms with E-state index < -0.39 is 0 Å². The number of ether oxygens (including phenoxy) is 1. The molecule has 1 aromatic heterocycles. The van der Waals surface area contributed by atoms with Crippen molar-refractivity contribution in [3.8, 4) is 5.75 Å². The normalized spacial score (nSPS) is 11.1. The number of aryl methyl sites for hydroxylation is 1. The Bertz CT molecular complexity index is 658. The summed E-state index contributed by atoms with van der Waals surface area (Å²) in [6.45, 7) is 1.91. The second kappa shape index (κ2) is 7.09. The van der Waals surface area contributed by atoms with Gasteiger partial charge in [-0.2, -0.15) is 5.10 Å². The van der Waals surface area contributed by atoms with Gasteiger partial charge < -0.3 is 9.15 Å². The molecule has 0 unspecified atom stereocenters. The lowest BCUT2D eigenvalue weighted by atomic mass is 10.1. The van der Waals surface area contributed by atoms with Gasteiger partial charge in [0.2, 0.25) is 0 Å². The molecule has 0 bridgehead atoms. The highest BCUT2D eigenvalue weighted by Gasteiger charge is 2.07. The molecule has 2 rings (SSSR count). The summed E-state index contributed by atoms with van der Waals surface area (Å²) in [6, 6.07) is 8.85. The van der Waals surface area contributed by atoms with Gasteiger partial charge in [0, 0.05) is 11.8 Å². The summed E-state index contributed by atoms with van der Waals surface area (Å²) >= 11 is 0. The molecule has 5 heteroatoms. The molecular weight excluding hydrogens is 268 g/mol. The van der Waals surface area contributed by atoms with E-state index in [4.69, 9.17) is 9.15 Å². The van der Waals surface area contributed by atoms with Gasteiger partial charge in [-0.25, -0.2) is 5.43 Å². The SMILES string of the molecule is COc1cc(C(=O)NN=CC=Cc2ccco2)ccc1C. The number of hydrogen-bond acceptors (Lipinski definition) is 4. The standard InChI is InChI=1S/C16H16N2O3/c1-12-7-8-13(11-15(12)20-2)16(19)18-17-9-3-5-14-6-4-10-21-14/h3-11H,1-2H3,(H,18,19). The lowest BCUT2D eigenvalue weighted by Crippen LogP contribution is -2.17. The number of rotatable bonds is 5. The summed E-state index contributed by atoms with van der Waals surface area (Å²) in [5.74, 6) is 1.09. The maximum atomic E-state index is 11.9. The minimum atomic E-state index is -0.295. The Morgan fingerprint density at radius 3 is 2.95 bits per heavy atom. The summed E-state index contributed by atoms with van der Waals surface area (Å²) in [5.41, 5.74) is 3.90. The van der Waals surface area contributed by atoms with E-state index in [1.165, 1.54) is 6.21 Å². The lowest BCUT2D eigenvalue weighted by Gasteiger charge is -2.06. The minimum Gasteiger partial charge on any atom is -0.496 e. The molecule has 0 aliphatic heterocycles. The maximum absolute atomic E-state index is 11.9. The van der Waals surface area contributed by atoms with Gasteiger partial charge in [-0.1, -0.05) is 6.07 Å². The molecule has 0 saturated carbocycles. The van der Waals surface area contributed by atoms with Crippen molar-refractivity contribution in [3.05, 3.63) is 59.6 Å². The van der Waals surface area contributed by atoms with Gasteiger partial charge in [-0.3, -0.25) is 4.79 Å². The predicted molar refractivity (Wildman–Crippen MR) is 81.4 cm³/mol. The van der Waals surface area contributed by atoms with Crippen molar-refractivity contribution < 1.29 is 13.9 Å². The van der Waals surface area contributed by atoms with Gasteiger partial charge in [0.1, 0.15) is 11.5 Å². The second-order valence-corrected chi connectivity index (χ2v) is 4.28. The summed E-state index contributed by atoms with van der Waals surface area (Å²) in [7, 11) is 1.57. The summed E-state index contributed by atoms with van der Waals surface area (Å²) < 4.78 is 10.3. The van der Waals surface area contributed by atoms with Crippen LogP contribution in [0.5, 0.6) is 5.75 Å². The summed E-state index contributed by atoms with van der Waals surface area (Å²) in [4.78, 5) is 11.9. The zero-order valence-corrected chi connectivity index (χ0v) is 11.9. The Labute approximate surface area is 122 Å². The molecule has 108 valence electrons. The van der Waals surface area contributed by atoms with Gasteiger partial charge in [-0.15, -0.1) is 0 Å². The first-order valence-corrected chi connectivity index (χ1v) is 6.39. The third-order valence-corrected chi connectivity index (χ3v) is 2.80. The average Bonchev–Trinajstić information content (AvgIpc) is 3.00. The van der Waals surface area contributed by atoms with Crippen molar-refractivity contribution in [3.63, 3.8) is 0 Å². The molecule has 1 N–H and O–H groups in total. The van der Waals surface area contributed by atoms with E-state index in [0.717, 1.165) is 11.3 Å². The van der Waals surface area contributed by atoms with E-state index in [9.17, 15) is 4.79 Å². The van der Waals surface area contributed by atoms with Crippen LogP contribution in [0.4, 0.5) is 0 Å². The number of amides is 1. The minimum absolute atomic E-state index is 0.295. The van der Waals surface area contributed by atoms with E-state index >= 15 is 0 Å². The zero-order valence-electron chi connectivity index (χ0n) is 11.9. The van der Waals surface area contributed by atoms with Gasteiger partial charge in [-0.05, 0) is 48.9 Å². The van der Waals surface area contributed by atoms with Crippen LogP contribution < -0.4 is 10.2 Å². The van der Waals surface area contributed by atoms with E-state index in [1.807, 2.05) is 19.1 Å². The molecule has 0 spiro atoms. The van der Waals surface area contributed by atoms with Crippen LogP contribution in [0.15, 0.2) is 52.2 Å². The Morgan fingerprint density at radius 1 is 1.38 bits per heavy atom. The first-order chi connectivity index (χ1) is 10.2. The van der Waals surface area contributed by atoms with Crippen molar-refractivity contribution >= 4 is 18.2 Å². The molecule has 1 amide bonds. The lowest BCUT2D eigenvalue weighted by molar-refractivity contribution is 0.0955. The fourth-order valence-corrected chi connectivity index (χ4v) is 1.69. The number of nitrogens with zero attached hydrogens (tertiary/aromatic N) is 1. The Morgan fingerprint density at radius 2 is 2.24 bits per heavy atom. The van der Waals surface area contributed by atoms with E-state index in [1.54, 1.807) is 43.7 Å². The number of furan rings is 1. The average molecular weight is 284 g/mol. The molecule has 21 heavy (non-hydrogen) atoms. The third-order valence-electron chi connectivity index (χ3n) is 2.80. The van der Waals surface area contributed by atoms with E-state index in [-0.39, 0.29) is 5.91 Å². The van der Waals surface area contributed by atoms with Crippen molar-refractivity contribution in [2.24, 2.45) is 5.10 Å². The number of hydrazone groups is 1. The van der Waals surface area contributed by atoms with Crippen molar-refractivity contribution in [1.29, 1.82) is 0 Å². The number of methoxy groups -OCH3 is 1. The Kier molecular flexibility index (Phi) is 4.93. The molecule has 5 nitrogen and oxygen atoms in total. The second-order valence-electron chi connectivity index (χ2n) is 4.28. The van der Waals surface area contributed by atoms with Crippen LogP contribution >= 0.6 is 0 Å². The first-order valence-electron chi connectivity index (χ1n) is 6.39. The molecule has 0 aliphatic carbocycles. The number of carbonyl (C=O) groups is 1. The number of hydrogen-bond donors (Lipinski definition) is 1. The molecular formula is C16H16N2O3. The van der Waals surface area contributed by atoms with E-state index in [2.05, 4.69) is 10.5 Å². The quantitative estimate of drug-likeness (QED) is 0.678. The number of carbonyl (C=O) groups excluding carboxylic acids is 1. The van der Waals surface area contributed by atoms with Crippen LogP contribution in [0.25, 0.3) is 6.08 Å². The smallest absolute Gasteiger partial charge is 0.271 e. The van der Waals surface area contributed by atoms with Crippen LogP contribution in [0, 0.1) is 6.92 Å². The first kappa shape index (κ1) is 14.6. The number of nitrogens with one attached hydrogen (secondary N) is 1. The number of benzene rings is 1. The van der Waals surface area contributed by atoms with Crippen molar-refractivity contribution in [1.82, 2.24) is 5.43 Å². The van der Waals surface area contributed by atoms with Gasteiger partial charge in [0.25, 0.3) is 5.91 Å². The predicted octanol–water partition coefficient (Wildman–Crippen LogP) is 3.03. The molecule has 0 fully saturated rings. The van der Waals surface area contributed by atoms with Gasteiger partial charge in [0.15, 0.2) is 0 Å². The maximum Gasteiger partial charge on any atom is 0.271 e. The zero-order chi connectivity index (χ0) is 15.1. The Balaban J connectivity index is 1.92.